The van der Waals surface area contributed by atoms with Crippen molar-refractivity contribution in [3.05, 3.63) is 0 Å². The normalized spacial score (nSPS) is 18.2. The van der Waals surface area contributed by atoms with Gasteiger partial charge in [-0.3, -0.25) is 9.89 Å². The van der Waals surface area contributed by atoms with E-state index in [1.807, 2.05) is 7.05 Å². The molecule has 6 heteroatoms. The van der Waals surface area contributed by atoms with E-state index in [-0.39, 0.29) is 24.0 Å². The average Bonchev–Trinajstić information content (AvgIpc) is 2.82. The van der Waals surface area contributed by atoms with Crippen molar-refractivity contribution in [3.8, 4) is 0 Å². The van der Waals surface area contributed by atoms with Crippen molar-refractivity contribution in [1.82, 2.24) is 20.4 Å². The molecule has 0 aromatic carbocycles. The van der Waals surface area contributed by atoms with Gasteiger partial charge in [0.05, 0.1) is 0 Å². The van der Waals surface area contributed by atoms with Gasteiger partial charge < -0.3 is 15.5 Å². The summed E-state index contributed by atoms with van der Waals surface area (Å²) in [5.74, 6) is 1.58. The van der Waals surface area contributed by atoms with Crippen LogP contribution >= 0.6 is 24.0 Å². The van der Waals surface area contributed by atoms with Crippen LogP contribution in [0.25, 0.3) is 0 Å². The smallest absolute Gasteiger partial charge is 0.191 e. The van der Waals surface area contributed by atoms with Crippen LogP contribution in [0, 0.1) is 5.92 Å². The van der Waals surface area contributed by atoms with Gasteiger partial charge >= 0.3 is 0 Å². The zero-order valence-electron chi connectivity index (χ0n) is 16.5. The Hall–Kier alpha value is -0.0800. The highest BCUT2D eigenvalue weighted by molar-refractivity contribution is 14.0. The lowest BCUT2D eigenvalue weighted by Gasteiger charge is -2.34. The predicted molar refractivity (Wildman–Crippen MR) is 117 cm³/mol. The van der Waals surface area contributed by atoms with Crippen LogP contribution in [0.1, 0.15) is 46.5 Å². The molecule has 5 nitrogen and oxygen atoms in total. The lowest BCUT2D eigenvalue weighted by atomic mass is 10.0. The monoisotopic (exact) mass is 453 g/mol. The number of likely N-dealkylation sites (N-methyl/N-ethyl adjacent to an activating group) is 1. The fourth-order valence-electron chi connectivity index (χ4n) is 3.16. The number of aliphatic imine (C=N–C) groups is 1. The molecule has 0 aromatic heterocycles. The molecule has 1 fully saturated rings. The van der Waals surface area contributed by atoms with Gasteiger partial charge in [0.25, 0.3) is 0 Å². The van der Waals surface area contributed by atoms with Gasteiger partial charge in [0.15, 0.2) is 5.96 Å². The Bertz CT molecular complexity index is 327. The van der Waals surface area contributed by atoms with Gasteiger partial charge in [0.2, 0.25) is 0 Å². The Labute approximate surface area is 167 Å². The van der Waals surface area contributed by atoms with Crippen molar-refractivity contribution in [2.75, 3.05) is 53.4 Å². The van der Waals surface area contributed by atoms with Gasteiger partial charge in [-0.25, -0.2) is 0 Å². The average molecular weight is 453 g/mol. The van der Waals surface area contributed by atoms with Crippen molar-refractivity contribution >= 4 is 29.9 Å². The summed E-state index contributed by atoms with van der Waals surface area (Å²) >= 11 is 0. The van der Waals surface area contributed by atoms with Gasteiger partial charge in [0.1, 0.15) is 0 Å². The molecule has 1 rings (SSSR count). The Morgan fingerprint density at radius 1 is 1.12 bits per heavy atom. The Morgan fingerprint density at radius 2 is 1.75 bits per heavy atom. The first-order valence-electron chi connectivity index (χ1n) is 9.45. The van der Waals surface area contributed by atoms with E-state index >= 15 is 0 Å². The molecule has 0 radical (unpaired) electrons. The second-order valence-electron chi connectivity index (χ2n) is 7.04. The van der Waals surface area contributed by atoms with Crippen LogP contribution in [0.15, 0.2) is 4.99 Å². The van der Waals surface area contributed by atoms with E-state index in [0.717, 1.165) is 32.1 Å². The molecular weight excluding hydrogens is 413 g/mol. The Morgan fingerprint density at radius 3 is 2.25 bits per heavy atom. The zero-order valence-corrected chi connectivity index (χ0v) is 18.8. The van der Waals surface area contributed by atoms with Gasteiger partial charge in [-0.05, 0) is 45.4 Å². The molecule has 2 N–H and O–H groups in total. The Kier molecular flexibility index (Phi) is 14.1. The molecule has 1 atom stereocenters. The fraction of sp³-hybridized carbons (Fsp3) is 0.944. The third-order valence-electron chi connectivity index (χ3n) is 4.91. The van der Waals surface area contributed by atoms with Crippen LogP contribution in [0.5, 0.6) is 0 Å². The molecule has 0 bridgehead atoms. The van der Waals surface area contributed by atoms with E-state index in [9.17, 15) is 0 Å². The van der Waals surface area contributed by atoms with Gasteiger partial charge in [-0.15, -0.1) is 24.0 Å². The Balaban J connectivity index is 0.00000529. The second kappa shape index (κ2) is 14.1. The van der Waals surface area contributed by atoms with Crippen molar-refractivity contribution < 1.29 is 0 Å². The number of likely N-dealkylation sites (tertiary alicyclic amines) is 1. The summed E-state index contributed by atoms with van der Waals surface area (Å²) in [5, 5.41) is 6.96. The number of nitrogens with one attached hydrogen (secondary N) is 2. The van der Waals surface area contributed by atoms with E-state index in [1.54, 1.807) is 0 Å². The van der Waals surface area contributed by atoms with Crippen LogP contribution in [-0.4, -0.2) is 75.2 Å². The molecule has 1 aliphatic heterocycles. The highest BCUT2D eigenvalue weighted by atomic mass is 127. The minimum absolute atomic E-state index is 0. The standard InChI is InChI=1S/C18H39N5.HI/c1-6-22(5)14-11-20-18(19-4)21-15-17(16(2)3)23-12-9-7-8-10-13-23;/h16-17H,6-15H2,1-5H3,(H2,19,20,21);1H. The summed E-state index contributed by atoms with van der Waals surface area (Å²) in [6, 6.07) is 0.588. The number of guanidine groups is 1. The van der Waals surface area contributed by atoms with Crippen LogP contribution in [0.2, 0.25) is 0 Å². The van der Waals surface area contributed by atoms with E-state index in [2.05, 4.69) is 53.2 Å². The number of halogens is 1. The van der Waals surface area contributed by atoms with Gasteiger partial charge in [0, 0.05) is 32.7 Å². The predicted octanol–water partition coefficient (Wildman–Crippen LogP) is 2.62. The molecule has 0 spiro atoms. The van der Waals surface area contributed by atoms with Crippen molar-refractivity contribution in [2.24, 2.45) is 10.9 Å². The first kappa shape index (κ1) is 23.9. The molecule has 24 heavy (non-hydrogen) atoms. The molecular formula is C18H40IN5. The van der Waals surface area contributed by atoms with E-state index in [0.29, 0.717) is 12.0 Å². The maximum absolute atomic E-state index is 4.36. The molecule has 0 aliphatic carbocycles. The van der Waals surface area contributed by atoms with Crippen LogP contribution in [-0.2, 0) is 0 Å². The minimum Gasteiger partial charge on any atom is -0.355 e. The highest BCUT2D eigenvalue weighted by Crippen LogP contribution is 2.16. The minimum atomic E-state index is 0. The summed E-state index contributed by atoms with van der Waals surface area (Å²) in [6.45, 7) is 13.4. The number of hydrogen-bond acceptors (Lipinski definition) is 3. The molecule has 144 valence electrons. The zero-order chi connectivity index (χ0) is 17.1. The van der Waals surface area contributed by atoms with E-state index in [1.165, 1.54) is 38.8 Å². The van der Waals surface area contributed by atoms with E-state index < -0.39 is 0 Å². The molecule has 0 saturated carbocycles. The molecule has 0 amide bonds. The van der Waals surface area contributed by atoms with Crippen LogP contribution in [0.3, 0.4) is 0 Å². The lowest BCUT2D eigenvalue weighted by molar-refractivity contribution is 0.161. The van der Waals surface area contributed by atoms with Crippen molar-refractivity contribution in [2.45, 2.75) is 52.5 Å². The quantitative estimate of drug-likeness (QED) is 0.337. The maximum Gasteiger partial charge on any atom is 0.191 e. The third kappa shape index (κ3) is 9.42. The van der Waals surface area contributed by atoms with Crippen molar-refractivity contribution in [1.29, 1.82) is 0 Å². The topological polar surface area (TPSA) is 42.9 Å². The molecule has 1 saturated heterocycles. The van der Waals surface area contributed by atoms with Gasteiger partial charge in [-0.2, -0.15) is 0 Å². The molecule has 1 heterocycles. The SMILES string of the molecule is CCN(C)CCNC(=NC)NCC(C(C)C)N1CCCCCC1.I. The highest BCUT2D eigenvalue weighted by Gasteiger charge is 2.22. The van der Waals surface area contributed by atoms with Crippen LogP contribution in [0.4, 0.5) is 0 Å². The molecule has 1 aliphatic rings. The molecule has 1 unspecified atom stereocenters. The first-order chi connectivity index (χ1) is 11.1. The third-order valence-corrected chi connectivity index (χ3v) is 4.91. The van der Waals surface area contributed by atoms with E-state index in [4.69, 9.17) is 0 Å². The first-order valence-corrected chi connectivity index (χ1v) is 9.45. The largest absolute Gasteiger partial charge is 0.355 e. The summed E-state index contributed by atoms with van der Waals surface area (Å²) < 4.78 is 0. The molecule has 0 aromatic rings. The lowest BCUT2D eigenvalue weighted by Crippen LogP contribution is -2.50. The number of nitrogens with zero attached hydrogens (tertiary/aromatic N) is 3. The summed E-state index contributed by atoms with van der Waals surface area (Å²) in [4.78, 5) is 9.35. The van der Waals surface area contributed by atoms with Crippen LogP contribution < -0.4 is 10.6 Å². The second-order valence-corrected chi connectivity index (χ2v) is 7.04. The summed E-state index contributed by atoms with van der Waals surface area (Å²) in [6.07, 6.45) is 5.48. The maximum atomic E-state index is 4.36. The number of hydrogen-bond donors (Lipinski definition) is 2. The van der Waals surface area contributed by atoms with Gasteiger partial charge in [-0.1, -0.05) is 33.6 Å². The fourth-order valence-corrected chi connectivity index (χ4v) is 3.16. The summed E-state index contributed by atoms with van der Waals surface area (Å²) in [5.41, 5.74) is 0. The van der Waals surface area contributed by atoms with Crippen molar-refractivity contribution in [3.63, 3.8) is 0 Å². The number of rotatable bonds is 8. The summed E-state index contributed by atoms with van der Waals surface area (Å²) in [7, 11) is 4.00.